The molecular weight excluding hydrogens is 183 g/mol. The topological polar surface area (TPSA) is 32.3 Å². The first-order chi connectivity index (χ1) is 5.81. The largest absolute Gasteiger partial charge is 0.418 e. The first kappa shape index (κ1) is 12.7. The van der Waals surface area contributed by atoms with Gasteiger partial charge in [0.15, 0.2) is 5.60 Å². The first-order valence-electron chi connectivity index (χ1n) is 4.31. The Balaban J connectivity index is 3.77. The van der Waals surface area contributed by atoms with Gasteiger partial charge in [0.25, 0.3) is 0 Å². The van der Waals surface area contributed by atoms with Crippen LogP contribution in [0.25, 0.3) is 0 Å². The van der Waals surface area contributed by atoms with E-state index in [2.05, 4.69) is 5.32 Å². The van der Waals surface area contributed by atoms with Crippen LogP contribution in [0.2, 0.25) is 0 Å². The molecule has 0 aromatic carbocycles. The lowest BCUT2D eigenvalue weighted by molar-refractivity contribution is -0.250. The van der Waals surface area contributed by atoms with Gasteiger partial charge in [0.05, 0.1) is 0 Å². The summed E-state index contributed by atoms with van der Waals surface area (Å²) in [6, 6.07) is 0. The summed E-state index contributed by atoms with van der Waals surface area (Å²) in [5, 5.41) is 11.5. The van der Waals surface area contributed by atoms with Crippen molar-refractivity contribution in [2.24, 2.45) is 0 Å². The Kier molecular flexibility index (Phi) is 4.70. The molecule has 0 aromatic heterocycles. The molecule has 1 unspecified atom stereocenters. The number of nitrogens with one attached hydrogen (secondary N) is 1. The van der Waals surface area contributed by atoms with Crippen LogP contribution in [0.15, 0.2) is 0 Å². The molecule has 0 saturated carbocycles. The Morgan fingerprint density at radius 2 is 1.85 bits per heavy atom. The van der Waals surface area contributed by atoms with E-state index in [0.29, 0.717) is 6.54 Å². The average molecular weight is 199 g/mol. The Labute approximate surface area is 76.1 Å². The van der Waals surface area contributed by atoms with E-state index in [0.717, 1.165) is 19.8 Å². The second-order valence-corrected chi connectivity index (χ2v) is 3.30. The summed E-state index contributed by atoms with van der Waals surface area (Å²) in [5.41, 5.74) is -2.62. The Bertz CT molecular complexity index is 145. The van der Waals surface area contributed by atoms with E-state index >= 15 is 0 Å². The van der Waals surface area contributed by atoms with E-state index in [4.69, 9.17) is 5.11 Å². The molecule has 0 fully saturated rings. The maximum absolute atomic E-state index is 12.1. The van der Waals surface area contributed by atoms with Crippen molar-refractivity contribution in [3.63, 3.8) is 0 Å². The van der Waals surface area contributed by atoms with Gasteiger partial charge in [-0.2, -0.15) is 13.2 Å². The number of hydrogen-bond acceptors (Lipinski definition) is 2. The number of rotatable bonds is 5. The number of aliphatic hydroxyl groups is 1. The maximum atomic E-state index is 12.1. The number of halogens is 3. The second-order valence-electron chi connectivity index (χ2n) is 3.30. The van der Waals surface area contributed by atoms with Crippen molar-refractivity contribution in [3.05, 3.63) is 0 Å². The van der Waals surface area contributed by atoms with Gasteiger partial charge in [-0.1, -0.05) is 13.3 Å². The molecule has 0 aliphatic heterocycles. The van der Waals surface area contributed by atoms with E-state index in [1.165, 1.54) is 0 Å². The van der Waals surface area contributed by atoms with Gasteiger partial charge in [0.2, 0.25) is 0 Å². The highest BCUT2D eigenvalue weighted by Crippen LogP contribution is 2.29. The molecule has 0 amide bonds. The standard InChI is InChI=1S/C8H16F3NO/c1-3-4-5-12-6-7(2,13)8(9,10)11/h12-13H,3-6H2,1-2H3. The molecule has 5 heteroatoms. The highest BCUT2D eigenvalue weighted by atomic mass is 19.4. The Morgan fingerprint density at radius 1 is 1.31 bits per heavy atom. The van der Waals surface area contributed by atoms with Crippen LogP contribution in [-0.2, 0) is 0 Å². The molecule has 0 saturated heterocycles. The van der Waals surface area contributed by atoms with E-state index in [-0.39, 0.29) is 0 Å². The van der Waals surface area contributed by atoms with Gasteiger partial charge in [-0.15, -0.1) is 0 Å². The molecule has 2 N–H and O–H groups in total. The normalized spacial score (nSPS) is 17.1. The fourth-order valence-electron chi connectivity index (χ4n) is 0.734. The van der Waals surface area contributed by atoms with Crippen LogP contribution in [0.1, 0.15) is 26.7 Å². The zero-order valence-electron chi connectivity index (χ0n) is 7.91. The highest BCUT2D eigenvalue weighted by molar-refractivity contribution is 4.83. The Hall–Kier alpha value is -0.290. The molecule has 0 aromatic rings. The van der Waals surface area contributed by atoms with Crippen molar-refractivity contribution in [1.29, 1.82) is 0 Å². The van der Waals surface area contributed by atoms with Crippen LogP contribution >= 0.6 is 0 Å². The predicted octanol–water partition coefficient (Wildman–Crippen LogP) is 1.69. The summed E-state index contributed by atoms with van der Waals surface area (Å²) in [4.78, 5) is 0. The van der Waals surface area contributed by atoms with Crippen molar-refractivity contribution in [3.8, 4) is 0 Å². The molecule has 0 spiro atoms. The smallest absolute Gasteiger partial charge is 0.380 e. The fourth-order valence-corrected chi connectivity index (χ4v) is 0.734. The maximum Gasteiger partial charge on any atom is 0.418 e. The number of alkyl halides is 3. The van der Waals surface area contributed by atoms with Gasteiger partial charge in [0, 0.05) is 6.54 Å². The molecule has 0 radical (unpaired) electrons. The highest BCUT2D eigenvalue weighted by Gasteiger charge is 2.49. The lowest BCUT2D eigenvalue weighted by Gasteiger charge is -2.26. The van der Waals surface area contributed by atoms with Crippen molar-refractivity contribution in [2.75, 3.05) is 13.1 Å². The summed E-state index contributed by atoms with van der Waals surface area (Å²) >= 11 is 0. The molecule has 0 aliphatic carbocycles. The number of hydrogen-bond donors (Lipinski definition) is 2. The molecule has 80 valence electrons. The number of unbranched alkanes of at least 4 members (excludes halogenated alkanes) is 1. The minimum Gasteiger partial charge on any atom is -0.380 e. The van der Waals surface area contributed by atoms with E-state index in [1.54, 1.807) is 0 Å². The van der Waals surface area contributed by atoms with E-state index < -0.39 is 18.3 Å². The van der Waals surface area contributed by atoms with Crippen LogP contribution in [0.4, 0.5) is 13.2 Å². The minimum absolute atomic E-state index is 0.448. The third kappa shape index (κ3) is 4.47. The van der Waals surface area contributed by atoms with Crippen molar-refractivity contribution in [1.82, 2.24) is 5.32 Å². The molecule has 0 heterocycles. The summed E-state index contributed by atoms with van der Waals surface area (Å²) < 4.78 is 36.2. The third-order valence-electron chi connectivity index (χ3n) is 1.79. The van der Waals surface area contributed by atoms with Crippen molar-refractivity contribution >= 4 is 0 Å². The quantitative estimate of drug-likeness (QED) is 0.660. The van der Waals surface area contributed by atoms with Gasteiger partial charge in [0.1, 0.15) is 0 Å². The van der Waals surface area contributed by atoms with Crippen LogP contribution < -0.4 is 5.32 Å². The average Bonchev–Trinajstić information content (AvgIpc) is 1.96. The molecule has 0 rings (SSSR count). The first-order valence-corrected chi connectivity index (χ1v) is 4.31. The summed E-state index contributed by atoms with van der Waals surface area (Å²) in [6.07, 6.45) is -2.83. The van der Waals surface area contributed by atoms with Gasteiger partial charge in [-0.3, -0.25) is 0 Å². The molecule has 0 aliphatic rings. The molecule has 2 nitrogen and oxygen atoms in total. The van der Waals surface area contributed by atoms with Crippen LogP contribution in [0.5, 0.6) is 0 Å². The fraction of sp³-hybridized carbons (Fsp3) is 1.00. The SMILES string of the molecule is CCCCNCC(C)(O)C(F)(F)F. The predicted molar refractivity (Wildman–Crippen MR) is 44.5 cm³/mol. The van der Waals surface area contributed by atoms with Gasteiger partial charge < -0.3 is 10.4 Å². The summed E-state index contributed by atoms with van der Waals surface area (Å²) in [5.74, 6) is 0. The Morgan fingerprint density at radius 3 is 2.23 bits per heavy atom. The minimum atomic E-state index is -4.56. The lowest BCUT2D eigenvalue weighted by Crippen LogP contribution is -2.50. The summed E-state index contributed by atoms with van der Waals surface area (Å²) in [7, 11) is 0. The van der Waals surface area contributed by atoms with Gasteiger partial charge in [-0.05, 0) is 19.9 Å². The zero-order chi connectivity index (χ0) is 10.5. The van der Waals surface area contributed by atoms with Gasteiger partial charge >= 0.3 is 6.18 Å². The third-order valence-corrected chi connectivity index (χ3v) is 1.79. The molecular formula is C8H16F3NO. The van der Waals surface area contributed by atoms with E-state index in [9.17, 15) is 13.2 Å². The lowest BCUT2D eigenvalue weighted by atomic mass is 10.1. The zero-order valence-corrected chi connectivity index (χ0v) is 7.91. The van der Waals surface area contributed by atoms with Crippen molar-refractivity contribution in [2.45, 2.75) is 38.5 Å². The monoisotopic (exact) mass is 199 g/mol. The van der Waals surface area contributed by atoms with Crippen molar-refractivity contribution < 1.29 is 18.3 Å². The van der Waals surface area contributed by atoms with E-state index in [1.807, 2.05) is 6.92 Å². The molecule has 0 bridgehead atoms. The molecule has 1 atom stereocenters. The molecule has 13 heavy (non-hydrogen) atoms. The summed E-state index contributed by atoms with van der Waals surface area (Å²) in [6.45, 7) is 2.77. The van der Waals surface area contributed by atoms with Crippen LogP contribution in [-0.4, -0.2) is 30.0 Å². The second kappa shape index (κ2) is 4.81. The van der Waals surface area contributed by atoms with Crippen LogP contribution in [0.3, 0.4) is 0 Å². The van der Waals surface area contributed by atoms with Gasteiger partial charge in [-0.25, -0.2) is 0 Å². The van der Waals surface area contributed by atoms with Crippen LogP contribution in [0, 0.1) is 0 Å².